The van der Waals surface area contributed by atoms with Crippen LogP contribution in [-0.4, -0.2) is 42.1 Å². The molecule has 0 aliphatic heterocycles. The second kappa shape index (κ2) is 6.15. The second-order valence-corrected chi connectivity index (χ2v) is 6.91. The van der Waals surface area contributed by atoms with Crippen LogP contribution in [0.1, 0.15) is 5.82 Å². The minimum atomic E-state index is -3.80. The molecular weight excluding hydrogens is 320 g/mol. The summed E-state index contributed by atoms with van der Waals surface area (Å²) in [6.45, 7) is 0.109. The van der Waals surface area contributed by atoms with Crippen molar-refractivity contribution in [3.8, 4) is 0 Å². The molecule has 2 aromatic rings. The molecule has 0 fully saturated rings. The fourth-order valence-electron chi connectivity index (χ4n) is 1.53. The van der Waals surface area contributed by atoms with Crippen molar-refractivity contribution in [3.63, 3.8) is 0 Å². The summed E-state index contributed by atoms with van der Waals surface area (Å²) in [5, 5.41) is 19.9. The molecule has 2 aromatic heterocycles. The van der Waals surface area contributed by atoms with Gasteiger partial charge < -0.3 is 5.32 Å². The standard InChI is InChI=1S/C9H12N6O4S2/c1-10-9-6(15(16)17)4-8(20-9)21(18,19)13-3-2-7-11-5-12-14-7/h4-5,10,13H,2-3H2,1H3,(H,11,12,14). The minimum Gasteiger partial charge on any atom is -0.374 e. The van der Waals surface area contributed by atoms with Gasteiger partial charge in [-0.05, 0) is 0 Å². The van der Waals surface area contributed by atoms with E-state index in [1.165, 1.54) is 13.4 Å². The Hall–Kier alpha value is -2.05. The number of rotatable bonds is 7. The molecular formula is C9H12N6O4S2. The van der Waals surface area contributed by atoms with Crippen molar-refractivity contribution in [2.45, 2.75) is 10.6 Å². The molecule has 0 aliphatic carbocycles. The molecule has 12 heteroatoms. The van der Waals surface area contributed by atoms with Gasteiger partial charge in [0.05, 0.1) is 4.92 Å². The van der Waals surface area contributed by atoms with Crippen molar-refractivity contribution >= 4 is 32.0 Å². The predicted octanol–water partition coefficient (Wildman–Crippen LogP) is 0.337. The molecule has 0 unspecified atom stereocenters. The van der Waals surface area contributed by atoms with Crippen LogP contribution in [0.5, 0.6) is 0 Å². The summed E-state index contributed by atoms with van der Waals surface area (Å²) < 4.78 is 26.4. The number of thiophene rings is 1. The van der Waals surface area contributed by atoms with Crippen LogP contribution in [-0.2, 0) is 16.4 Å². The van der Waals surface area contributed by atoms with Gasteiger partial charge in [-0.1, -0.05) is 11.3 Å². The zero-order chi connectivity index (χ0) is 15.5. The van der Waals surface area contributed by atoms with Gasteiger partial charge in [0.15, 0.2) is 5.00 Å². The third kappa shape index (κ3) is 3.53. The second-order valence-electron chi connectivity index (χ2n) is 3.87. The number of nitro groups is 1. The van der Waals surface area contributed by atoms with Crippen LogP contribution in [0.3, 0.4) is 0 Å². The van der Waals surface area contributed by atoms with Crippen LogP contribution in [0.15, 0.2) is 16.6 Å². The van der Waals surface area contributed by atoms with Gasteiger partial charge in [-0.3, -0.25) is 15.2 Å². The Bertz CT molecular complexity index is 724. The van der Waals surface area contributed by atoms with Gasteiger partial charge in [0.2, 0.25) is 10.0 Å². The van der Waals surface area contributed by atoms with Crippen molar-refractivity contribution < 1.29 is 13.3 Å². The summed E-state index contributed by atoms with van der Waals surface area (Å²) >= 11 is 0.804. The van der Waals surface area contributed by atoms with E-state index in [1.807, 2.05) is 0 Å². The summed E-state index contributed by atoms with van der Waals surface area (Å²) in [6, 6.07) is 1.04. The maximum Gasteiger partial charge on any atom is 0.304 e. The molecule has 114 valence electrons. The zero-order valence-corrected chi connectivity index (χ0v) is 12.5. The highest BCUT2D eigenvalue weighted by molar-refractivity contribution is 7.91. The fourth-order valence-corrected chi connectivity index (χ4v) is 3.89. The monoisotopic (exact) mass is 332 g/mol. The summed E-state index contributed by atoms with van der Waals surface area (Å²) in [6.07, 6.45) is 1.66. The predicted molar refractivity (Wildman–Crippen MR) is 75.8 cm³/mol. The van der Waals surface area contributed by atoms with E-state index in [0.717, 1.165) is 17.4 Å². The van der Waals surface area contributed by atoms with Crippen LogP contribution in [0.25, 0.3) is 0 Å². The molecule has 21 heavy (non-hydrogen) atoms. The van der Waals surface area contributed by atoms with Crippen LogP contribution < -0.4 is 10.0 Å². The van der Waals surface area contributed by atoms with E-state index in [-0.39, 0.29) is 21.4 Å². The zero-order valence-electron chi connectivity index (χ0n) is 10.9. The maximum atomic E-state index is 12.1. The topological polar surface area (TPSA) is 143 Å². The van der Waals surface area contributed by atoms with Crippen LogP contribution in [0, 0.1) is 10.1 Å². The average molecular weight is 332 g/mol. The van der Waals surface area contributed by atoms with Gasteiger partial charge in [0, 0.05) is 26.1 Å². The molecule has 0 amide bonds. The van der Waals surface area contributed by atoms with Crippen molar-refractivity contribution in [1.29, 1.82) is 0 Å². The van der Waals surface area contributed by atoms with Gasteiger partial charge in [-0.15, -0.1) is 0 Å². The first kappa shape index (κ1) is 15.3. The average Bonchev–Trinajstić information content (AvgIpc) is 3.07. The van der Waals surface area contributed by atoms with E-state index < -0.39 is 14.9 Å². The van der Waals surface area contributed by atoms with E-state index in [4.69, 9.17) is 0 Å². The molecule has 2 heterocycles. The van der Waals surface area contributed by atoms with Gasteiger partial charge in [-0.2, -0.15) is 5.10 Å². The molecule has 0 spiro atoms. The largest absolute Gasteiger partial charge is 0.374 e. The fraction of sp³-hybridized carbons (Fsp3) is 0.333. The van der Waals surface area contributed by atoms with Gasteiger partial charge >= 0.3 is 5.69 Å². The molecule has 0 bridgehead atoms. The lowest BCUT2D eigenvalue weighted by Gasteiger charge is -2.02. The molecule has 0 atom stereocenters. The number of anilines is 1. The third-order valence-corrected chi connectivity index (χ3v) is 5.57. The molecule has 0 radical (unpaired) electrons. The Kier molecular flexibility index (Phi) is 4.50. The number of sulfonamides is 1. The van der Waals surface area contributed by atoms with Crippen LogP contribution >= 0.6 is 11.3 Å². The SMILES string of the molecule is CNc1sc(S(=O)(=O)NCCc2ncn[nH]2)cc1[N+](=O)[O-]. The molecule has 0 aromatic carbocycles. The highest BCUT2D eigenvalue weighted by Crippen LogP contribution is 2.36. The number of hydrogen-bond donors (Lipinski definition) is 3. The minimum absolute atomic E-state index is 0.109. The normalized spacial score (nSPS) is 11.5. The first-order chi connectivity index (χ1) is 9.94. The molecule has 2 rings (SSSR count). The number of hydrogen-bond acceptors (Lipinski definition) is 8. The third-order valence-electron chi connectivity index (χ3n) is 2.50. The van der Waals surface area contributed by atoms with E-state index in [9.17, 15) is 18.5 Å². The number of nitrogens with one attached hydrogen (secondary N) is 3. The number of nitrogens with zero attached hydrogens (tertiary/aromatic N) is 3. The lowest BCUT2D eigenvalue weighted by Crippen LogP contribution is -2.25. The first-order valence-corrected chi connectivity index (χ1v) is 8.04. The van der Waals surface area contributed by atoms with Gasteiger partial charge in [0.1, 0.15) is 16.4 Å². The number of aromatic nitrogens is 3. The van der Waals surface area contributed by atoms with Crippen molar-refractivity contribution in [3.05, 3.63) is 28.3 Å². The Morgan fingerprint density at radius 1 is 1.52 bits per heavy atom. The van der Waals surface area contributed by atoms with Crippen molar-refractivity contribution in [1.82, 2.24) is 19.9 Å². The Balaban J connectivity index is 2.10. The highest BCUT2D eigenvalue weighted by atomic mass is 32.2. The van der Waals surface area contributed by atoms with E-state index in [2.05, 4.69) is 25.2 Å². The smallest absolute Gasteiger partial charge is 0.304 e. The molecule has 0 saturated carbocycles. The molecule has 3 N–H and O–H groups in total. The molecule has 10 nitrogen and oxygen atoms in total. The summed E-state index contributed by atoms with van der Waals surface area (Å²) in [5.41, 5.74) is -0.266. The van der Waals surface area contributed by atoms with Gasteiger partial charge in [-0.25, -0.2) is 18.1 Å². The summed E-state index contributed by atoms with van der Waals surface area (Å²) in [4.78, 5) is 14.1. The molecule has 0 saturated heterocycles. The first-order valence-electron chi connectivity index (χ1n) is 5.74. The lowest BCUT2D eigenvalue weighted by molar-refractivity contribution is -0.383. The van der Waals surface area contributed by atoms with E-state index in [0.29, 0.717) is 12.2 Å². The van der Waals surface area contributed by atoms with Crippen LogP contribution in [0.2, 0.25) is 0 Å². The Morgan fingerprint density at radius 3 is 2.81 bits per heavy atom. The highest BCUT2D eigenvalue weighted by Gasteiger charge is 2.25. The molecule has 0 aliphatic rings. The summed E-state index contributed by atoms with van der Waals surface area (Å²) in [7, 11) is -2.30. The maximum absolute atomic E-state index is 12.1. The van der Waals surface area contributed by atoms with Gasteiger partial charge in [0.25, 0.3) is 0 Å². The van der Waals surface area contributed by atoms with E-state index in [1.54, 1.807) is 0 Å². The quantitative estimate of drug-likeness (QED) is 0.490. The van der Waals surface area contributed by atoms with Crippen molar-refractivity contribution in [2.75, 3.05) is 18.9 Å². The summed E-state index contributed by atoms with van der Waals surface area (Å²) in [5.74, 6) is 0.547. The number of aromatic amines is 1. The Morgan fingerprint density at radius 2 is 2.29 bits per heavy atom. The Labute approximate surface area is 123 Å². The van der Waals surface area contributed by atoms with E-state index >= 15 is 0 Å². The van der Waals surface area contributed by atoms with Crippen LogP contribution in [0.4, 0.5) is 10.7 Å². The van der Waals surface area contributed by atoms with Crippen molar-refractivity contribution in [2.24, 2.45) is 0 Å². The lowest BCUT2D eigenvalue weighted by atomic mass is 10.4. The number of H-pyrrole nitrogens is 1.